The van der Waals surface area contributed by atoms with Gasteiger partial charge in [0, 0.05) is 31.7 Å². The normalized spacial score (nSPS) is 26.2. The molecule has 4 heteroatoms. The molecule has 2 heterocycles. The van der Waals surface area contributed by atoms with Crippen LogP contribution in [0.5, 0.6) is 0 Å². The fourth-order valence-corrected chi connectivity index (χ4v) is 2.79. The highest BCUT2D eigenvalue weighted by Crippen LogP contribution is 2.30. The van der Waals surface area contributed by atoms with Gasteiger partial charge in [-0.15, -0.1) is 0 Å². The molecule has 1 saturated carbocycles. The first-order valence-electron chi connectivity index (χ1n) is 6.36. The van der Waals surface area contributed by atoms with E-state index >= 15 is 0 Å². The molecule has 1 atom stereocenters. The maximum atomic E-state index is 5.82. The van der Waals surface area contributed by atoms with E-state index in [1.165, 1.54) is 31.6 Å². The van der Waals surface area contributed by atoms with Crippen LogP contribution in [0.1, 0.15) is 19.8 Å². The zero-order valence-electron chi connectivity index (χ0n) is 10.1. The Labute approximate surface area is 107 Å². The van der Waals surface area contributed by atoms with E-state index in [2.05, 4.69) is 27.8 Å². The van der Waals surface area contributed by atoms with Crippen molar-refractivity contribution >= 4 is 17.3 Å². The first-order chi connectivity index (χ1) is 8.24. The van der Waals surface area contributed by atoms with Crippen LogP contribution >= 0.6 is 11.6 Å². The first kappa shape index (κ1) is 11.3. The summed E-state index contributed by atoms with van der Waals surface area (Å²) in [6.45, 7) is 5.75. The molecule has 0 amide bonds. The molecule has 3 rings (SSSR count). The third kappa shape index (κ3) is 2.40. The molecule has 3 nitrogen and oxygen atoms in total. The van der Waals surface area contributed by atoms with Gasteiger partial charge in [0.25, 0.3) is 0 Å². The van der Waals surface area contributed by atoms with Gasteiger partial charge in [-0.05, 0) is 31.9 Å². The molecule has 2 fully saturated rings. The second kappa shape index (κ2) is 4.46. The summed E-state index contributed by atoms with van der Waals surface area (Å²) in [5.74, 6) is 0. The lowest BCUT2D eigenvalue weighted by Gasteiger charge is -2.41. The Hall–Kier alpha value is -0.800. The second-order valence-corrected chi connectivity index (χ2v) is 5.49. The molecule has 2 aliphatic rings. The Kier molecular flexibility index (Phi) is 2.97. The third-order valence-corrected chi connectivity index (χ3v) is 3.99. The Balaban J connectivity index is 1.69. The molecule has 0 aromatic carbocycles. The number of anilines is 1. The van der Waals surface area contributed by atoms with Gasteiger partial charge in [-0.2, -0.15) is 0 Å². The summed E-state index contributed by atoms with van der Waals surface area (Å²) in [5.41, 5.74) is 1.19. The lowest BCUT2D eigenvalue weighted by Crippen LogP contribution is -2.52. The Bertz CT molecular complexity index is 388. The highest BCUT2D eigenvalue weighted by Gasteiger charge is 2.33. The molecule has 0 spiro atoms. The number of rotatable bonds is 2. The lowest BCUT2D eigenvalue weighted by atomic mass is 10.1. The van der Waals surface area contributed by atoms with E-state index < -0.39 is 0 Å². The number of hydrogen-bond donors (Lipinski definition) is 0. The standard InChI is InChI=1S/C13H18ClN3/c1-10-9-16(11-2-3-11)6-7-17(10)12-4-5-13(14)15-8-12/h4-5,8,10-11H,2-3,6-7,9H2,1H3/t10-/m0/s1. The van der Waals surface area contributed by atoms with Crippen LogP contribution in [0, 0.1) is 0 Å². The minimum absolute atomic E-state index is 0.562. The van der Waals surface area contributed by atoms with E-state index in [1.54, 1.807) is 0 Å². The Morgan fingerprint density at radius 2 is 2.12 bits per heavy atom. The van der Waals surface area contributed by atoms with Crippen molar-refractivity contribution in [1.29, 1.82) is 0 Å². The van der Waals surface area contributed by atoms with Gasteiger partial charge in [-0.25, -0.2) is 4.98 Å². The third-order valence-electron chi connectivity index (χ3n) is 3.77. The van der Waals surface area contributed by atoms with E-state index in [0.717, 1.165) is 12.6 Å². The van der Waals surface area contributed by atoms with Gasteiger partial charge < -0.3 is 4.90 Å². The van der Waals surface area contributed by atoms with Crippen molar-refractivity contribution in [3.05, 3.63) is 23.5 Å². The molecule has 92 valence electrons. The maximum absolute atomic E-state index is 5.82. The molecule has 1 saturated heterocycles. The van der Waals surface area contributed by atoms with Crippen molar-refractivity contribution in [2.75, 3.05) is 24.5 Å². The van der Waals surface area contributed by atoms with Crippen molar-refractivity contribution in [2.24, 2.45) is 0 Å². The zero-order chi connectivity index (χ0) is 11.8. The summed E-state index contributed by atoms with van der Waals surface area (Å²) >= 11 is 5.82. The van der Waals surface area contributed by atoms with Gasteiger partial charge in [0.05, 0.1) is 11.9 Å². The Morgan fingerprint density at radius 3 is 2.71 bits per heavy atom. The minimum atomic E-state index is 0.562. The quantitative estimate of drug-likeness (QED) is 0.753. The van der Waals surface area contributed by atoms with Crippen LogP contribution in [0.25, 0.3) is 0 Å². The summed E-state index contributed by atoms with van der Waals surface area (Å²) < 4.78 is 0. The monoisotopic (exact) mass is 251 g/mol. The fourth-order valence-electron chi connectivity index (χ4n) is 2.68. The topological polar surface area (TPSA) is 19.4 Å². The van der Waals surface area contributed by atoms with Crippen molar-refractivity contribution in [3.8, 4) is 0 Å². The average molecular weight is 252 g/mol. The predicted octanol–water partition coefficient (Wildman–Crippen LogP) is 2.41. The molecular formula is C13H18ClN3. The van der Waals surface area contributed by atoms with Gasteiger partial charge in [-0.1, -0.05) is 11.6 Å². The number of nitrogens with zero attached hydrogens (tertiary/aromatic N) is 3. The lowest BCUT2D eigenvalue weighted by molar-refractivity contribution is 0.219. The number of pyridine rings is 1. The zero-order valence-corrected chi connectivity index (χ0v) is 10.9. The van der Waals surface area contributed by atoms with E-state index in [4.69, 9.17) is 11.6 Å². The molecular weight excluding hydrogens is 234 g/mol. The number of aromatic nitrogens is 1. The van der Waals surface area contributed by atoms with Crippen LogP contribution < -0.4 is 4.90 Å². The molecule has 1 aromatic heterocycles. The molecule has 17 heavy (non-hydrogen) atoms. The van der Waals surface area contributed by atoms with Gasteiger partial charge >= 0.3 is 0 Å². The first-order valence-corrected chi connectivity index (χ1v) is 6.74. The van der Waals surface area contributed by atoms with Crippen LogP contribution in [0.2, 0.25) is 5.15 Å². The molecule has 1 aliphatic carbocycles. The SMILES string of the molecule is C[C@H]1CN(C2CC2)CCN1c1ccc(Cl)nc1. The summed E-state index contributed by atoms with van der Waals surface area (Å²) in [6, 6.07) is 5.38. The van der Waals surface area contributed by atoms with Crippen LogP contribution in [-0.4, -0.2) is 41.6 Å². The highest BCUT2D eigenvalue weighted by atomic mass is 35.5. The fraction of sp³-hybridized carbons (Fsp3) is 0.615. The van der Waals surface area contributed by atoms with E-state index in [9.17, 15) is 0 Å². The van der Waals surface area contributed by atoms with Gasteiger partial charge in [-0.3, -0.25) is 4.90 Å². The summed E-state index contributed by atoms with van der Waals surface area (Å²) in [5, 5.41) is 0.568. The van der Waals surface area contributed by atoms with Crippen molar-refractivity contribution < 1.29 is 0 Å². The summed E-state index contributed by atoms with van der Waals surface area (Å²) in [6.07, 6.45) is 4.68. The van der Waals surface area contributed by atoms with Crippen LogP contribution in [0.3, 0.4) is 0 Å². The van der Waals surface area contributed by atoms with E-state index in [1.807, 2.05) is 12.3 Å². The number of halogens is 1. The van der Waals surface area contributed by atoms with Crippen LogP contribution in [0.4, 0.5) is 5.69 Å². The maximum Gasteiger partial charge on any atom is 0.129 e. The summed E-state index contributed by atoms with van der Waals surface area (Å²) in [7, 11) is 0. The summed E-state index contributed by atoms with van der Waals surface area (Å²) in [4.78, 5) is 9.23. The van der Waals surface area contributed by atoms with Crippen LogP contribution in [-0.2, 0) is 0 Å². The molecule has 1 aromatic rings. The highest BCUT2D eigenvalue weighted by molar-refractivity contribution is 6.29. The molecule has 1 aliphatic heterocycles. The Morgan fingerprint density at radius 1 is 1.29 bits per heavy atom. The molecule has 0 radical (unpaired) electrons. The number of hydrogen-bond acceptors (Lipinski definition) is 3. The van der Waals surface area contributed by atoms with Crippen molar-refractivity contribution in [2.45, 2.75) is 31.8 Å². The molecule has 0 bridgehead atoms. The second-order valence-electron chi connectivity index (χ2n) is 5.11. The minimum Gasteiger partial charge on any atom is -0.365 e. The predicted molar refractivity (Wildman–Crippen MR) is 70.7 cm³/mol. The van der Waals surface area contributed by atoms with Gasteiger partial charge in [0.2, 0.25) is 0 Å². The average Bonchev–Trinajstić information content (AvgIpc) is 3.14. The molecule has 0 N–H and O–H groups in total. The van der Waals surface area contributed by atoms with Crippen molar-refractivity contribution in [3.63, 3.8) is 0 Å². The van der Waals surface area contributed by atoms with E-state index in [0.29, 0.717) is 11.2 Å². The van der Waals surface area contributed by atoms with Gasteiger partial charge in [0.1, 0.15) is 5.15 Å². The van der Waals surface area contributed by atoms with Crippen LogP contribution in [0.15, 0.2) is 18.3 Å². The van der Waals surface area contributed by atoms with E-state index in [-0.39, 0.29) is 0 Å². The largest absolute Gasteiger partial charge is 0.365 e. The van der Waals surface area contributed by atoms with Gasteiger partial charge in [0.15, 0.2) is 0 Å². The van der Waals surface area contributed by atoms with Crippen molar-refractivity contribution in [1.82, 2.24) is 9.88 Å². The smallest absolute Gasteiger partial charge is 0.129 e. The molecule has 0 unspecified atom stereocenters. The number of piperazine rings is 1.